The van der Waals surface area contributed by atoms with E-state index in [0.717, 1.165) is 28.2 Å². The predicted octanol–water partition coefficient (Wildman–Crippen LogP) is 2.42. The topological polar surface area (TPSA) is 76.5 Å². The number of ether oxygens (including phenoxy) is 1. The van der Waals surface area contributed by atoms with Gasteiger partial charge in [-0.05, 0) is 49.2 Å². The Morgan fingerprint density at radius 3 is 2.72 bits per heavy atom. The molecule has 0 spiro atoms. The molecule has 2 amide bonds. The molecule has 2 heterocycles. The van der Waals surface area contributed by atoms with E-state index in [1.807, 2.05) is 54.9 Å². The van der Waals surface area contributed by atoms with Crippen molar-refractivity contribution < 1.29 is 14.3 Å². The van der Waals surface area contributed by atoms with Gasteiger partial charge in [0.05, 0.1) is 18.1 Å². The van der Waals surface area contributed by atoms with Crippen LogP contribution in [0.3, 0.4) is 0 Å². The molecule has 1 aliphatic rings. The molecule has 1 fully saturated rings. The number of likely N-dealkylation sites (tertiary alicyclic amines) is 1. The molecule has 1 saturated heterocycles. The third-order valence-electron chi connectivity index (χ3n) is 5.50. The first kappa shape index (κ1) is 19.0. The van der Waals surface area contributed by atoms with Crippen molar-refractivity contribution in [1.82, 2.24) is 19.8 Å². The summed E-state index contributed by atoms with van der Waals surface area (Å²) < 4.78 is 7.11. The van der Waals surface area contributed by atoms with E-state index in [1.54, 1.807) is 18.1 Å². The average Bonchev–Trinajstić information content (AvgIpc) is 3.21. The molecule has 0 bridgehead atoms. The van der Waals surface area contributed by atoms with Gasteiger partial charge in [0.2, 0.25) is 5.91 Å². The van der Waals surface area contributed by atoms with Gasteiger partial charge in [0.1, 0.15) is 17.6 Å². The fourth-order valence-electron chi connectivity index (χ4n) is 3.67. The molecule has 1 aromatic heterocycles. The fourth-order valence-corrected chi connectivity index (χ4v) is 3.67. The van der Waals surface area contributed by atoms with Crippen molar-refractivity contribution in [2.45, 2.75) is 25.9 Å². The van der Waals surface area contributed by atoms with Gasteiger partial charge >= 0.3 is 0 Å². The molecule has 1 atom stereocenters. The zero-order valence-corrected chi connectivity index (χ0v) is 16.8. The van der Waals surface area contributed by atoms with Crippen LogP contribution >= 0.6 is 0 Å². The molecule has 29 heavy (non-hydrogen) atoms. The van der Waals surface area contributed by atoms with Gasteiger partial charge in [-0.1, -0.05) is 12.1 Å². The highest BCUT2D eigenvalue weighted by Gasteiger charge is 2.32. The second kappa shape index (κ2) is 7.58. The number of methoxy groups -OCH3 is 1. The van der Waals surface area contributed by atoms with Crippen LogP contribution in [-0.4, -0.2) is 46.0 Å². The summed E-state index contributed by atoms with van der Waals surface area (Å²) in [7, 11) is 3.55. The highest BCUT2D eigenvalue weighted by atomic mass is 16.5. The molecule has 2 aromatic carbocycles. The van der Waals surface area contributed by atoms with E-state index in [0.29, 0.717) is 25.1 Å². The lowest BCUT2D eigenvalue weighted by Crippen LogP contribution is -2.41. The Labute approximate surface area is 169 Å². The molecule has 0 aliphatic carbocycles. The third kappa shape index (κ3) is 3.68. The Balaban J connectivity index is 1.42. The summed E-state index contributed by atoms with van der Waals surface area (Å²) in [5, 5.41) is 2.89. The molecule has 7 heteroatoms. The van der Waals surface area contributed by atoms with Crippen LogP contribution in [0.15, 0.2) is 42.5 Å². The summed E-state index contributed by atoms with van der Waals surface area (Å²) in [5.74, 6) is 1.38. The zero-order chi connectivity index (χ0) is 20.5. The van der Waals surface area contributed by atoms with Crippen LogP contribution in [0.25, 0.3) is 11.0 Å². The van der Waals surface area contributed by atoms with E-state index >= 15 is 0 Å². The molecule has 1 aliphatic heterocycles. The Hall–Kier alpha value is -3.35. The van der Waals surface area contributed by atoms with Crippen molar-refractivity contribution in [3.05, 3.63) is 59.4 Å². The van der Waals surface area contributed by atoms with Crippen LogP contribution in [0.4, 0.5) is 0 Å². The molecule has 3 aromatic rings. The van der Waals surface area contributed by atoms with E-state index in [9.17, 15) is 9.59 Å². The molecule has 150 valence electrons. The normalized spacial score (nSPS) is 16.4. The average molecular weight is 392 g/mol. The number of nitrogens with one attached hydrogen (secondary N) is 1. The number of benzene rings is 2. The number of fused-ring (bicyclic) bond motifs is 1. The molecule has 1 unspecified atom stereocenters. The SMILES string of the molecule is COc1ccc(CN2CCC(NC(=O)c3ccc4nc(C)n(C)c4c3)C2=O)cc1. The fraction of sp³-hybridized carbons (Fsp3) is 0.318. The highest BCUT2D eigenvalue weighted by molar-refractivity contribution is 6.00. The van der Waals surface area contributed by atoms with Crippen molar-refractivity contribution in [1.29, 1.82) is 0 Å². The Kier molecular flexibility index (Phi) is 4.96. The summed E-state index contributed by atoms with van der Waals surface area (Å²) in [6, 6.07) is 12.6. The number of hydrogen-bond donors (Lipinski definition) is 1. The van der Waals surface area contributed by atoms with Gasteiger partial charge in [-0.3, -0.25) is 9.59 Å². The molecular weight excluding hydrogens is 368 g/mol. The highest BCUT2D eigenvalue weighted by Crippen LogP contribution is 2.19. The first-order valence-corrected chi connectivity index (χ1v) is 9.62. The maximum atomic E-state index is 12.7. The number of nitrogens with zero attached hydrogens (tertiary/aromatic N) is 3. The van der Waals surface area contributed by atoms with Gasteiger partial charge in [-0.2, -0.15) is 0 Å². The van der Waals surface area contributed by atoms with Crippen LogP contribution in [-0.2, 0) is 18.4 Å². The third-order valence-corrected chi connectivity index (χ3v) is 5.50. The lowest BCUT2D eigenvalue weighted by atomic mass is 10.1. The van der Waals surface area contributed by atoms with Gasteiger partial charge in [-0.25, -0.2) is 4.98 Å². The van der Waals surface area contributed by atoms with Gasteiger partial charge in [0.15, 0.2) is 0 Å². The maximum Gasteiger partial charge on any atom is 0.252 e. The summed E-state index contributed by atoms with van der Waals surface area (Å²) >= 11 is 0. The van der Waals surface area contributed by atoms with Crippen LogP contribution in [0, 0.1) is 6.92 Å². The van der Waals surface area contributed by atoms with E-state index in [-0.39, 0.29) is 11.8 Å². The Bertz CT molecular complexity index is 1070. The molecule has 7 nitrogen and oxygen atoms in total. The number of imidazole rings is 1. The number of carbonyl (C=O) groups excluding carboxylic acids is 2. The van der Waals surface area contributed by atoms with Gasteiger partial charge < -0.3 is 19.5 Å². The Morgan fingerprint density at radius 2 is 2.00 bits per heavy atom. The van der Waals surface area contributed by atoms with Crippen LogP contribution in [0.1, 0.15) is 28.2 Å². The van der Waals surface area contributed by atoms with Crippen LogP contribution in [0.5, 0.6) is 5.75 Å². The quantitative estimate of drug-likeness (QED) is 0.724. The summed E-state index contributed by atoms with van der Waals surface area (Å²) in [5.41, 5.74) is 3.31. The number of rotatable bonds is 5. The molecule has 0 saturated carbocycles. The standard InChI is InChI=1S/C22H24N4O3/c1-14-23-18-9-6-16(12-20(18)25(14)2)21(27)24-19-10-11-26(22(19)28)13-15-4-7-17(29-3)8-5-15/h4-9,12,19H,10-11,13H2,1-3H3,(H,24,27). The van der Waals surface area contributed by atoms with E-state index < -0.39 is 6.04 Å². The minimum absolute atomic E-state index is 0.0494. The zero-order valence-electron chi connectivity index (χ0n) is 16.8. The Morgan fingerprint density at radius 1 is 1.24 bits per heavy atom. The van der Waals surface area contributed by atoms with Crippen molar-refractivity contribution in [2.75, 3.05) is 13.7 Å². The summed E-state index contributed by atoms with van der Waals surface area (Å²) in [6.45, 7) is 3.07. The van der Waals surface area contributed by atoms with Crippen LogP contribution in [0.2, 0.25) is 0 Å². The summed E-state index contributed by atoms with van der Waals surface area (Å²) in [4.78, 5) is 31.7. The first-order chi connectivity index (χ1) is 14.0. The monoisotopic (exact) mass is 392 g/mol. The maximum absolute atomic E-state index is 12.7. The van der Waals surface area contributed by atoms with Gasteiger partial charge in [0, 0.05) is 25.7 Å². The second-order valence-electron chi connectivity index (χ2n) is 7.34. The van der Waals surface area contributed by atoms with Crippen molar-refractivity contribution >= 4 is 22.8 Å². The lowest BCUT2D eigenvalue weighted by molar-refractivity contribution is -0.129. The van der Waals surface area contributed by atoms with Gasteiger partial charge in [-0.15, -0.1) is 0 Å². The van der Waals surface area contributed by atoms with E-state index in [4.69, 9.17) is 4.74 Å². The molecule has 1 N–H and O–H groups in total. The predicted molar refractivity (Wildman–Crippen MR) is 110 cm³/mol. The lowest BCUT2D eigenvalue weighted by Gasteiger charge is -2.17. The van der Waals surface area contributed by atoms with Crippen molar-refractivity contribution in [2.24, 2.45) is 7.05 Å². The number of carbonyl (C=O) groups is 2. The number of hydrogen-bond acceptors (Lipinski definition) is 4. The number of aryl methyl sites for hydroxylation is 2. The number of amides is 2. The minimum atomic E-state index is -0.496. The largest absolute Gasteiger partial charge is 0.497 e. The molecular formula is C22H24N4O3. The van der Waals surface area contributed by atoms with E-state index in [1.165, 1.54) is 0 Å². The molecule has 4 rings (SSSR count). The van der Waals surface area contributed by atoms with Gasteiger partial charge in [0.25, 0.3) is 5.91 Å². The summed E-state index contributed by atoms with van der Waals surface area (Å²) in [6.07, 6.45) is 0.605. The smallest absolute Gasteiger partial charge is 0.252 e. The van der Waals surface area contributed by atoms with E-state index in [2.05, 4.69) is 10.3 Å². The first-order valence-electron chi connectivity index (χ1n) is 9.62. The molecule has 0 radical (unpaired) electrons. The second-order valence-corrected chi connectivity index (χ2v) is 7.34. The minimum Gasteiger partial charge on any atom is -0.497 e. The van der Waals surface area contributed by atoms with Crippen molar-refractivity contribution in [3.63, 3.8) is 0 Å². The number of aromatic nitrogens is 2. The van der Waals surface area contributed by atoms with Crippen molar-refractivity contribution in [3.8, 4) is 5.75 Å². The van der Waals surface area contributed by atoms with Crippen LogP contribution < -0.4 is 10.1 Å².